The summed E-state index contributed by atoms with van der Waals surface area (Å²) in [5.41, 5.74) is -0.654. The third-order valence-corrected chi connectivity index (χ3v) is 4.58. The Balaban J connectivity index is 1.91. The van der Waals surface area contributed by atoms with Crippen LogP contribution in [0.4, 0.5) is 4.79 Å². The number of hydrogen-bond donors (Lipinski definition) is 2. The summed E-state index contributed by atoms with van der Waals surface area (Å²) in [4.78, 5) is 29.5. The Morgan fingerprint density at radius 2 is 2.12 bits per heavy atom. The van der Waals surface area contributed by atoms with E-state index in [4.69, 9.17) is 21.2 Å². The number of carbonyl (C=O) groups is 2. The average Bonchev–Trinajstić information content (AvgIpc) is 3.03. The zero-order valence-corrected chi connectivity index (χ0v) is 15.3. The van der Waals surface area contributed by atoms with Crippen molar-refractivity contribution in [1.29, 1.82) is 0 Å². The second-order valence-corrected chi connectivity index (χ2v) is 8.24. The van der Waals surface area contributed by atoms with Crippen LogP contribution in [0.1, 0.15) is 30.4 Å². The summed E-state index contributed by atoms with van der Waals surface area (Å²) in [6.45, 7) is 5.67. The maximum Gasteiger partial charge on any atom is 0.528 e. The van der Waals surface area contributed by atoms with Crippen molar-refractivity contribution in [2.24, 2.45) is 5.92 Å². The van der Waals surface area contributed by atoms with Crippen LogP contribution in [0, 0.1) is 5.92 Å². The Labute approximate surface area is 149 Å². The van der Waals surface area contributed by atoms with Gasteiger partial charge in [0.2, 0.25) is 0 Å². The van der Waals surface area contributed by atoms with Crippen LogP contribution in [0.15, 0.2) is 12.1 Å². The molecular weight excluding hydrogens is 356 g/mol. The molecule has 0 radical (unpaired) electrons. The summed E-state index contributed by atoms with van der Waals surface area (Å²) >= 11 is 7.01. The molecule has 2 atom stereocenters. The Morgan fingerprint density at radius 3 is 2.67 bits per heavy atom. The number of aliphatic hydroxyl groups excluding tert-OH is 1. The Bertz CT molecular complexity index is 601. The summed E-state index contributed by atoms with van der Waals surface area (Å²) in [6.07, 6.45) is -0.809. The van der Waals surface area contributed by atoms with Crippen molar-refractivity contribution < 1.29 is 24.3 Å². The van der Waals surface area contributed by atoms with E-state index in [2.05, 4.69) is 5.32 Å². The molecule has 1 fully saturated rings. The molecule has 2 heterocycles. The number of nitrogens with one attached hydrogen (secondary N) is 1. The SMILES string of the molecule is CC(C)(C)OC(=O)ON1CC(CO)C(NC(=O)c2ccc(Cl)s2)C1. The number of aliphatic hydroxyl groups is 1. The molecule has 1 aromatic heterocycles. The summed E-state index contributed by atoms with van der Waals surface area (Å²) in [7, 11) is 0. The van der Waals surface area contributed by atoms with Gasteiger partial charge in [-0.2, -0.15) is 0 Å². The van der Waals surface area contributed by atoms with E-state index in [-0.39, 0.29) is 31.0 Å². The zero-order valence-electron chi connectivity index (χ0n) is 13.7. The first-order chi connectivity index (χ1) is 11.2. The van der Waals surface area contributed by atoms with Crippen LogP contribution in [0.3, 0.4) is 0 Å². The highest BCUT2D eigenvalue weighted by Gasteiger charge is 2.36. The van der Waals surface area contributed by atoms with E-state index >= 15 is 0 Å². The number of ether oxygens (including phenoxy) is 1. The summed E-state index contributed by atoms with van der Waals surface area (Å²) in [5.74, 6) is -0.513. The molecule has 1 aliphatic rings. The van der Waals surface area contributed by atoms with Crippen molar-refractivity contribution in [3.63, 3.8) is 0 Å². The van der Waals surface area contributed by atoms with E-state index < -0.39 is 11.8 Å². The molecule has 2 rings (SSSR count). The summed E-state index contributed by atoms with van der Waals surface area (Å²) < 4.78 is 5.62. The van der Waals surface area contributed by atoms with Gasteiger partial charge in [-0.3, -0.25) is 4.79 Å². The van der Waals surface area contributed by atoms with Gasteiger partial charge in [0.1, 0.15) is 5.60 Å². The maximum atomic E-state index is 12.2. The third kappa shape index (κ3) is 5.34. The quantitative estimate of drug-likeness (QED) is 0.784. The first-order valence-electron chi connectivity index (χ1n) is 7.51. The number of amides is 1. The zero-order chi connectivity index (χ0) is 17.9. The molecule has 134 valence electrons. The van der Waals surface area contributed by atoms with Crippen LogP contribution >= 0.6 is 22.9 Å². The van der Waals surface area contributed by atoms with Gasteiger partial charge in [-0.05, 0) is 32.9 Å². The number of halogens is 1. The van der Waals surface area contributed by atoms with Crippen molar-refractivity contribution in [3.05, 3.63) is 21.3 Å². The van der Waals surface area contributed by atoms with Gasteiger partial charge < -0.3 is 20.0 Å². The van der Waals surface area contributed by atoms with Gasteiger partial charge in [0.25, 0.3) is 5.91 Å². The number of carbonyl (C=O) groups excluding carboxylic acids is 2. The highest BCUT2D eigenvalue weighted by atomic mass is 35.5. The molecule has 1 amide bonds. The minimum absolute atomic E-state index is 0.135. The van der Waals surface area contributed by atoms with Gasteiger partial charge in [0, 0.05) is 19.1 Å². The number of hydrogen-bond acceptors (Lipinski definition) is 7. The lowest BCUT2D eigenvalue weighted by Gasteiger charge is -2.21. The van der Waals surface area contributed by atoms with Crippen LogP contribution in [0.5, 0.6) is 0 Å². The second-order valence-electron chi connectivity index (χ2n) is 6.53. The molecule has 0 bridgehead atoms. The highest BCUT2D eigenvalue weighted by Crippen LogP contribution is 2.23. The lowest BCUT2D eigenvalue weighted by atomic mass is 10.1. The number of rotatable bonds is 4. The summed E-state index contributed by atoms with van der Waals surface area (Å²) in [5, 5.41) is 13.7. The van der Waals surface area contributed by atoms with Crippen molar-refractivity contribution >= 4 is 35.0 Å². The highest BCUT2D eigenvalue weighted by molar-refractivity contribution is 7.17. The van der Waals surface area contributed by atoms with Gasteiger partial charge in [-0.1, -0.05) is 11.6 Å². The van der Waals surface area contributed by atoms with Gasteiger partial charge in [-0.15, -0.1) is 16.4 Å². The van der Waals surface area contributed by atoms with Crippen LogP contribution in [0.2, 0.25) is 4.34 Å². The minimum atomic E-state index is -0.809. The number of thiophene rings is 1. The van der Waals surface area contributed by atoms with E-state index in [0.717, 1.165) is 0 Å². The number of nitrogens with zero attached hydrogens (tertiary/aromatic N) is 1. The molecule has 7 nitrogen and oxygen atoms in total. The largest absolute Gasteiger partial charge is 0.528 e. The predicted molar refractivity (Wildman–Crippen MR) is 90.1 cm³/mol. The van der Waals surface area contributed by atoms with Crippen LogP contribution in [-0.4, -0.2) is 53.6 Å². The topological polar surface area (TPSA) is 88.1 Å². The molecule has 9 heteroatoms. The fourth-order valence-corrected chi connectivity index (χ4v) is 3.25. The normalized spacial score (nSPS) is 21.5. The van der Waals surface area contributed by atoms with E-state index in [0.29, 0.717) is 15.8 Å². The first kappa shape index (κ1) is 19.0. The number of hydroxylamine groups is 2. The lowest BCUT2D eigenvalue weighted by Crippen LogP contribution is -2.41. The molecule has 0 aliphatic carbocycles. The molecule has 24 heavy (non-hydrogen) atoms. The Morgan fingerprint density at radius 1 is 1.42 bits per heavy atom. The summed E-state index contributed by atoms with van der Waals surface area (Å²) in [6, 6.07) is 2.95. The lowest BCUT2D eigenvalue weighted by molar-refractivity contribution is -0.132. The van der Waals surface area contributed by atoms with Crippen molar-refractivity contribution in [3.8, 4) is 0 Å². The standard InChI is InChI=1S/C15H21ClN2O5S/c1-15(2,3)22-14(21)23-18-6-9(8-19)10(7-18)17-13(20)11-4-5-12(16)24-11/h4-5,9-10,19H,6-8H2,1-3H3,(H,17,20). The van der Waals surface area contributed by atoms with Crippen LogP contribution in [-0.2, 0) is 9.57 Å². The van der Waals surface area contributed by atoms with E-state index in [9.17, 15) is 14.7 Å². The van der Waals surface area contributed by atoms with E-state index in [1.807, 2.05) is 0 Å². The Hall–Kier alpha value is -1.35. The molecule has 0 saturated carbocycles. The van der Waals surface area contributed by atoms with Gasteiger partial charge in [-0.25, -0.2) is 4.79 Å². The minimum Gasteiger partial charge on any atom is -0.427 e. The molecule has 1 saturated heterocycles. The third-order valence-electron chi connectivity index (χ3n) is 3.35. The fraction of sp³-hybridized carbons (Fsp3) is 0.600. The molecule has 2 N–H and O–H groups in total. The van der Waals surface area contributed by atoms with E-state index in [1.54, 1.807) is 32.9 Å². The Kier molecular flexibility index (Phi) is 6.08. The van der Waals surface area contributed by atoms with Crippen molar-refractivity contribution in [2.75, 3.05) is 19.7 Å². The van der Waals surface area contributed by atoms with E-state index in [1.165, 1.54) is 16.4 Å². The molecule has 2 unspecified atom stereocenters. The van der Waals surface area contributed by atoms with Gasteiger partial charge in [0.05, 0.1) is 21.8 Å². The van der Waals surface area contributed by atoms with Crippen LogP contribution < -0.4 is 5.32 Å². The average molecular weight is 377 g/mol. The van der Waals surface area contributed by atoms with Crippen molar-refractivity contribution in [1.82, 2.24) is 10.4 Å². The maximum absolute atomic E-state index is 12.2. The molecular formula is C15H21ClN2O5S. The second kappa shape index (κ2) is 7.69. The van der Waals surface area contributed by atoms with Gasteiger partial charge in [0.15, 0.2) is 0 Å². The molecule has 0 spiro atoms. The first-order valence-corrected chi connectivity index (χ1v) is 8.70. The molecule has 0 aromatic carbocycles. The van der Waals surface area contributed by atoms with Crippen molar-refractivity contribution in [2.45, 2.75) is 32.4 Å². The fourth-order valence-electron chi connectivity index (χ4n) is 2.30. The predicted octanol–water partition coefficient (Wildman–Crippen LogP) is 2.29. The monoisotopic (exact) mass is 376 g/mol. The molecule has 1 aromatic rings. The molecule has 1 aliphatic heterocycles. The smallest absolute Gasteiger partial charge is 0.427 e. The van der Waals surface area contributed by atoms with Gasteiger partial charge >= 0.3 is 6.16 Å². The van der Waals surface area contributed by atoms with Crippen LogP contribution in [0.25, 0.3) is 0 Å².